The molecule has 0 amide bonds. The molecule has 114 valence electrons. The van der Waals surface area contributed by atoms with Gasteiger partial charge in [0.25, 0.3) is 0 Å². The maximum Gasteiger partial charge on any atom is 0.169 e. The van der Waals surface area contributed by atoms with Crippen molar-refractivity contribution in [3.05, 3.63) is 40.2 Å². The summed E-state index contributed by atoms with van der Waals surface area (Å²) in [6.07, 6.45) is 1.78. The molecule has 2 atom stereocenters. The van der Waals surface area contributed by atoms with Gasteiger partial charge in [-0.1, -0.05) is 6.07 Å². The number of nitrogens with zero attached hydrogens (tertiary/aromatic N) is 2. The number of hydrogen-bond donors (Lipinski definition) is 0. The van der Waals surface area contributed by atoms with Crippen molar-refractivity contribution in [1.82, 2.24) is 4.98 Å². The third kappa shape index (κ3) is 3.18. The summed E-state index contributed by atoms with van der Waals surface area (Å²) in [7, 11) is 0. The average molecular weight is 338 g/mol. The van der Waals surface area contributed by atoms with Gasteiger partial charge in [0.15, 0.2) is 11.7 Å². The zero-order chi connectivity index (χ0) is 16.3. The zero-order valence-corrected chi connectivity index (χ0v) is 13.5. The molecule has 0 saturated carbocycles. The molecule has 1 aromatic carbocycles. The number of carbonyl (C=O) groups is 1. The minimum absolute atomic E-state index is 0.0976. The Morgan fingerprint density at radius 3 is 2.59 bits per heavy atom. The fraction of sp³-hybridized carbons (Fsp3) is 0.267. The second-order valence-corrected chi connectivity index (χ2v) is 6.58. The number of aromatic nitrogens is 1. The van der Waals surface area contributed by atoms with Gasteiger partial charge in [-0.05, 0) is 25.3 Å². The Balaban J connectivity index is 2.39. The summed E-state index contributed by atoms with van der Waals surface area (Å²) in [6.45, 7) is 1.71. The molecule has 0 aliphatic carbocycles. The van der Waals surface area contributed by atoms with Crippen molar-refractivity contribution < 1.29 is 13.6 Å². The van der Waals surface area contributed by atoms with Crippen molar-refractivity contribution >= 4 is 28.9 Å². The summed E-state index contributed by atoms with van der Waals surface area (Å²) >= 11 is 2.39. The molecule has 2 rings (SSSR count). The molecule has 0 aliphatic rings. The Hall–Kier alpha value is -1.78. The van der Waals surface area contributed by atoms with Crippen molar-refractivity contribution in [3.8, 4) is 17.3 Å². The molecule has 0 bridgehead atoms. The van der Waals surface area contributed by atoms with E-state index in [1.165, 1.54) is 23.2 Å². The van der Waals surface area contributed by atoms with E-state index in [0.717, 1.165) is 23.5 Å². The van der Waals surface area contributed by atoms with E-state index < -0.39 is 17.6 Å². The maximum atomic E-state index is 13.8. The van der Waals surface area contributed by atoms with Gasteiger partial charge in [-0.15, -0.1) is 11.3 Å². The maximum absolute atomic E-state index is 13.8. The first-order chi connectivity index (χ1) is 10.5. The van der Waals surface area contributed by atoms with Crippen LogP contribution in [0.4, 0.5) is 8.78 Å². The van der Waals surface area contributed by atoms with Gasteiger partial charge in [0.1, 0.15) is 16.6 Å². The van der Waals surface area contributed by atoms with Gasteiger partial charge in [0.05, 0.1) is 22.6 Å². The summed E-state index contributed by atoms with van der Waals surface area (Å²) < 4.78 is 27.5. The minimum Gasteiger partial charge on any atom is -0.296 e. The van der Waals surface area contributed by atoms with Crippen molar-refractivity contribution in [3.63, 3.8) is 0 Å². The lowest BCUT2D eigenvalue weighted by Gasteiger charge is -2.10. The first-order valence-corrected chi connectivity index (χ1v) is 8.52. The molecule has 0 unspecified atom stereocenters. The number of thiazole rings is 1. The van der Waals surface area contributed by atoms with Crippen LogP contribution in [0.5, 0.6) is 0 Å². The summed E-state index contributed by atoms with van der Waals surface area (Å²) in [5.74, 6) is -2.73. The van der Waals surface area contributed by atoms with Crippen molar-refractivity contribution in [1.29, 1.82) is 5.26 Å². The van der Waals surface area contributed by atoms with Crippen LogP contribution >= 0.6 is 23.1 Å². The highest BCUT2D eigenvalue weighted by atomic mass is 32.2. The van der Waals surface area contributed by atoms with Crippen molar-refractivity contribution in [2.75, 3.05) is 6.26 Å². The minimum atomic E-state index is -1.02. The van der Waals surface area contributed by atoms with Gasteiger partial charge in [-0.2, -0.15) is 17.0 Å². The lowest BCUT2D eigenvalue weighted by atomic mass is 10.0. The molecule has 0 spiro atoms. The molecule has 7 heteroatoms. The Morgan fingerprint density at radius 1 is 1.41 bits per heavy atom. The largest absolute Gasteiger partial charge is 0.296 e. The summed E-state index contributed by atoms with van der Waals surface area (Å²) in [4.78, 5) is 16.3. The highest BCUT2D eigenvalue weighted by Gasteiger charge is 2.28. The lowest BCUT2D eigenvalue weighted by Crippen LogP contribution is -2.20. The molecule has 0 fully saturated rings. The molecule has 22 heavy (non-hydrogen) atoms. The van der Waals surface area contributed by atoms with Crippen LogP contribution in [0.25, 0.3) is 11.3 Å². The highest BCUT2D eigenvalue weighted by molar-refractivity contribution is 7.99. The monoisotopic (exact) mass is 338 g/mol. The van der Waals surface area contributed by atoms with Crippen LogP contribution < -0.4 is 0 Å². The first kappa shape index (κ1) is 16.6. The topological polar surface area (TPSA) is 53.8 Å². The molecular formula is C15H12F2N2OS2. The number of halogens is 2. The molecule has 0 radical (unpaired) electrons. The molecule has 0 saturated heterocycles. The number of rotatable bonds is 5. The van der Waals surface area contributed by atoms with E-state index in [2.05, 4.69) is 4.98 Å². The van der Waals surface area contributed by atoms with E-state index in [1.807, 2.05) is 6.07 Å². The predicted molar refractivity (Wildman–Crippen MR) is 83.8 cm³/mol. The molecule has 3 nitrogen and oxygen atoms in total. The number of nitriles is 1. The smallest absolute Gasteiger partial charge is 0.169 e. The lowest BCUT2D eigenvalue weighted by molar-refractivity contribution is -0.118. The fourth-order valence-corrected chi connectivity index (χ4v) is 3.10. The van der Waals surface area contributed by atoms with E-state index in [9.17, 15) is 18.8 Å². The SMILES string of the molecule is CS[C@H](C)C(=O)[C@H](C#N)c1nc(-c2c(F)cccc2F)cs1. The number of hydrogen-bond acceptors (Lipinski definition) is 5. The van der Waals surface area contributed by atoms with E-state index in [-0.39, 0.29) is 27.3 Å². The van der Waals surface area contributed by atoms with E-state index in [4.69, 9.17) is 0 Å². The van der Waals surface area contributed by atoms with Crippen molar-refractivity contribution in [2.45, 2.75) is 18.1 Å². The normalized spacial score (nSPS) is 13.4. The third-order valence-corrected chi connectivity index (χ3v) is 5.00. The fourth-order valence-electron chi connectivity index (χ4n) is 1.87. The average Bonchev–Trinajstić information content (AvgIpc) is 2.96. The van der Waals surface area contributed by atoms with Crippen LogP contribution in [0.15, 0.2) is 23.6 Å². The van der Waals surface area contributed by atoms with Gasteiger partial charge in [-0.25, -0.2) is 13.8 Å². The number of Topliss-reactive ketones (excluding diaryl/α,β-unsaturated/α-hetero) is 1. The second kappa shape index (κ2) is 6.99. The van der Waals surface area contributed by atoms with Gasteiger partial charge in [-0.3, -0.25) is 4.79 Å². The number of thioether (sulfide) groups is 1. The van der Waals surface area contributed by atoms with Gasteiger partial charge in [0, 0.05) is 5.38 Å². The molecule has 1 heterocycles. The highest BCUT2D eigenvalue weighted by Crippen LogP contribution is 2.31. The van der Waals surface area contributed by atoms with Crippen LogP contribution in [0.1, 0.15) is 17.8 Å². The Kier molecular flexibility index (Phi) is 5.27. The Labute approximate surface area is 135 Å². The van der Waals surface area contributed by atoms with Gasteiger partial charge >= 0.3 is 0 Å². The molecular weight excluding hydrogens is 326 g/mol. The van der Waals surface area contributed by atoms with E-state index >= 15 is 0 Å². The van der Waals surface area contributed by atoms with E-state index in [1.54, 1.807) is 13.2 Å². The van der Waals surface area contributed by atoms with Crippen LogP contribution in [0, 0.1) is 23.0 Å². The van der Waals surface area contributed by atoms with E-state index in [0.29, 0.717) is 0 Å². The number of ketones is 1. The van der Waals surface area contributed by atoms with Crippen LogP contribution in [-0.4, -0.2) is 22.3 Å². The standard InChI is InChI=1S/C15H12F2N2OS2/c1-8(21-2)14(20)9(6-18)15-19-12(7-22-15)13-10(16)4-3-5-11(13)17/h3-5,7-9H,1-2H3/t8-,9+/m1/s1. The molecule has 0 N–H and O–H groups in total. The first-order valence-electron chi connectivity index (χ1n) is 6.35. The quantitative estimate of drug-likeness (QED) is 0.826. The van der Waals surface area contributed by atoms with Crippen LogP contribution in [0.3, 0.4) is 0 Å². The number of carbonyl (C=O) groups excluding carboxylic acids is 1. The predicted octanol–water partition coefficient (Wildman–Crippen LogP) is 4.02. The van der Waals surface area contributed by atoms with Crippen LogP contribution in [-0.2, 0) is 4.79 Å². The molecule has 2 aromatic rings. The summed E-state index contributed by atoms with van der Waals surface area (Å²) in [5, 5.41) is 10.6. The van der Waals surface area contributed by atoms with Gasteiger partial charge < -0.3 is 0 Å². The zero-order valence-electron chi connectivity index (χ0n) is 11.8. The summed E-state index contributed by atoms with van der Waals surface area (Å²) in [5.41, 5.74) is -0.146. The Morgan fingerprint density at radius 2 is 2.05 bits per heavy atom. The Bertz CT molecular complexity index is 719. The number of benzene rings is 1. The molecule has 0 aliphatic heterocycles. The second-order valence-electron chi connectivity index (χ2n) is 4.51. The van der Waals surface area contributed by atoms with Crippen molar-refractivity contribution in [2.24, 2.45) is 0 Å². The van der Waals surface area contributed by atoms with Crippen LogP contribution in [0.2, 0.25) is 0 Å². The van der Waals surface area contributed by atoms with Gasteiger partial charge in [0.2, 0.25) is 0 Å². The third-order valence-electron chi connectivity index (χ3n) is 3.16. The summed E-state index contributed by atoms with van der Waals surface area (Å²) in [6, 6.07) is 5.47. The molecule has 1 aromatic heterocycles.